The van der Waals surface area contributed by atoms with Crippen molar-refractivity contribution in [3.63, 3.8) is 0 Å². The molecule has 0 unspecified atom stereocenters. The Morgan fingerprint density at radius 3 is 2.85 bits per heavy atom. The Hall–Kier alpha value is -1.24. The lowest BCUT2D eigenvalue weighted by Crippen LogP contribution is -2.11. The zero-order valence-corrected chi connectivity index (χ0v) is 13.9. The molecule has 20 heavy (non-hydrogen) atoms. The largest absolute Gasteiger partial charge is 0.378 e. The van der Waals surface area contributed by atoms with Gasteiger partial charge >= 0.3 is 0 Å². The fourth-order valence-electron chi connectivity index (χ4n) is 1.71. The predicted molar refractivity (Wildman–Crippen MR) is 84.4 cm³/mol. The van der Waals surface area contributed by atoms with Crippen LogP contribution >= 0.6 is 27.3 Å². The van der Waals surface area contributed by atoms with Gasteiger partial charge in [-0.2, -0.15) is 0 Å². The summed E-state index contributed by atoms with van der Waals surface area (Å²) in [5.74, 6) is -0.141. The Kier molecular flexibility index (Phi) is 4.91. The van der Waals surface area contributed by atoms with Crippen molar-refractivity contribution in [2.75, 3.05) is 12.4 Å². The second-order valence-electron chi connectivity index (χ2n) is 4.37. The Morgan fingerprint density at radius 1 is 1.45 bits per heavy atom. The van der Waals surface area contributed by atoms with Crippen molar-refractivity contribution in [2.45, 2.75) is 20.5 Å². The molecule has 2 aromatic rings. The van der Waals surface area contributed by atoms with Crippen molar-refractivity contribution in [2.24, 2.45) is 0 Å². The van der Waals surface area contributed by atoms with E-state index in [1.54, 1.807) is 7.11 Å². The van der Waals surface area contributed by atoms with Gasteiger partial charge in [-0.25, -0.2) is 4.98 Å². The smallest absolute Gasteiger partial charge is 0.267 e. The van der Waals surface area contributed by atoms with Gasteiger partial charge in [0, 0.05) is 17.3 Å². The molecule has 0 atom stereocenters. The highest BCUT2D eigenvalue weighted by Crippen LogP contribution is 2.23. The first-order valence-electron chi connectivity index (χ1n) is 6.04. The Balaban J connectivity index is 2.17. The lowest BCUT2D eigenvalue weighted by atomic mass is 10.2. The van der Waals surface area contributed by atoms with E-state index in [-0.39, 0.29) is 5.91 Å². The lowest BCUT2D eigenvalue weighted by molar-refractivity contribution is 0.103. The highest BCUT2D eigenvalue weighted by Gasteiger charge is 2.15. The molecule has 1 N–H and O–H groups in total. The molecule has 0 radical (unpaired) electrons. The second-order valence-corrected chi connectivity index (χ2v) is 6.31. The summed E-state index contributed by atoms with van der Waals surface area (Å²) in [5, 5.41) is 3.69. The van der Waals surface area contributed by atoms with Crippen LogP contribution in [0.1, 0.15) is 25.9 Å². The van der Waals surface area contributed by atoms with Crippen molar-refractivity contribution < 1.29 is 9.53 Å². The van der Waals surface area contributed by atoms with Crippen LogP contribution in [-0.2, 0) is 11.3 Å². The third kappa shape index (κ3) is 3.45. The van der Waals surface area contributed by atoms with E-state index in [0.29, 0.717) is 11.5 Å². The molecule has 0 aliphatic carbocycles. The fourth-order valence-corrected chi connectivity index (χ4v) is 3.02. The minimum atomic E-state index is -0.141. The van der Waals surface area contributed by atoms with E-state index in [1.807, 2.05) is 32.0 Å². The van der Waals surface area contributed by atoms with E-state index in [0.717, 1.165) is 26.4 Å². The van der Waals surface area contributed by atoms with E-state index < -0.39 is 0 Å². The van der Waals surface area contributed by atoms with Crippen LogP contribution in [0, 0.1) is 13.8 Å². The number of rotatable bonds is 4. The van der Waals surface area contributed by atoms with Gasteiger partial charge in [0.05, 0.1) is 12.3 Å². The second kappa shape index (κ2) is 6.47. The van der Waals surface area contributed by atoms with Gasteiger partial charge in [-0.1, -0.05) is 22.0 Å². The van der Waals surface area contributed by atoms with Crippen LogP contribution in [0.15, 0.2) is 22.7 Å². The number of ether oxygens (including phenoxy) is 1. The number of benzene rings is 1. The minimum absolute atomic E-state index is 0.141. The highest BCUT2D eigenvalue weighted by atomic mass is 79.9. The van der Waals surface area contributed by atoms with Crippen molar-refractivity contribution in [3.8, 4) is 0 Å². The first-order chi connectivity index (χ1) is 9.51. The number of hydrogen-bond acceptors (Lipinski definition) is 4. The average Bonchev–Trinajstić information content (AvgIpc) is 2.75. The molecular formula is C14H15BrN2O2S. The molecule has 1 amide bonds. The number of anilines is 1. The zero-order chi connectivity index (χ0) is 14.7. The number of nitrogens with one attached hydrogen (secondary N) is 1. The number of carbonyl (C=O) groups excluding carboxylic acids is 1. The molecule has 1 aromatic heterocycles. The Bertz CT molecular complexity index is 640. The molecule has 4 nitrogen and oxygen atoms in total. The van der Waals surface area contributed by atoms with Crippen LogP contribution in [0.3, 0.4) is 0 Å². The molecule has 0 fully saturated rings. The molecule has 6 heteroatoms. The van der Waals surface area contributed by atoms with Gasteiger partial charge in [0.2, 0.25) is 0 Å². The molecule has 0 bridgehead atoms. The fraction of sp³-hybridized carbons (Fsp3) is 0.286. The third-order valence-corrected chi connectivity index (χ3v) is 4.73. The molecule has 0 saturated heterocycles. The summed E-state index contributed by atoms with van der Waals surface area (Å²) < 4.78 is 6.00. The summed E-state index contributed by atoms with van der Waals surface area (Å²) >= 11 is 4.81. The summed E-state index contributed by atoms with van der Waals surface area (Å²) in [6.07, 6.45) is 0. The van der Waals surface area contributed by atoms with Crippen molar-refractivity contribution in [3.05, 3.63) is 43.8 Å². The maximum absolute atomic E-state index is 12.3. The summed E-state index contributed by atoms with van der Waals surface area (Å²) in [6, 6.07) is 5.72. The first-order valence-corrected chi connectivity index (χ1v) is 7.65. The predicted octanol–water partition coefficient (Wildman–Crippen LogP) is 3.92. The molecule has 1 aromatic carbocycles. The number of thiazole rings is 1. The van der Waals surface area contributed by atoms with E-state index in [4.69, 9.17) is 4.74 Å². The van der Waals surface area contributed by atoms with Crippen LogP contribution in [0.25, 0.3) is 0 Å². The number of aryl methyl sites for hydroxylation is 2. The zero-order valence-electron chi connectivity index (χ0n) is 11.5. The number of hydrogen-bond donors (Lipinski definition) is 1. The maximum Gasteiger partial charge on any atom is 0.267 e. The standard InChI is InChI=1S/C14H15BrN2O2S/c1-8-4-5-10(6-11(8)15)17-14(18)13-9(2)16-12(20-13)7-19-3/h4-6H,7H2,1-3H3,(H,17,18). The molecule has 0 saturated carbocycles. The van der Waals surface area contributed by atoms with Crippen molar-refractivity contribution in [1.29, 1.82) is 0 Å². The lowest BCUT2D eigenvalue weighted by Gasteiger charge is -2.06. The number of carbonyl (C=O) groups is 1. The number of aromatic nitrogens is 1. The third-order valence-electron chi connectivity index (χ3n) is 2.74. The summed E-state index contributed by atoms with van der Waals surface area (Å²) in [6.45, 7) is 4.25. The topological polar surface area (TPSA) is 51.2 Å². The Morgan fingerprint density at radius 2 is 2.20 bits per heavy atom. The Labute approximate surface area is 130 Å². The molecule has 0 aliphatic heterocycles. The van der Waals surface area contributed by atoms with Gasteiger partial charge in [-0.05, 0) is 31.5 Å². The monoisotopic (exact) mass is 354 g/mol. The van der Waals surface area contributed by atoms with Crippen LogP contribution in [0.5, 0.6) is 0 Å². The van der Waals surface area contributed by atoms with Crippen molar-refractivity contribution >= 4 is 38.9 Å². The number of methoxy groups -OCH3 is 1. The quantitative estimate of drug-likeness (QED) is 0.904. The number of nitrogens with zero attached hydrogens (tertiary/aromatic N) is 1. The van der Waals surface area contributed by atoms with Gasteiger partial charge in [-0.3, -0.25) is 4.79 Å². The first kappa shape index (κ1) is 15.2. The van der Waals surface area contributed by atoms with E-state index in [9.17, 15) is 4.79 Å². The van der Waals surface area contributed by atoms with Crippen molar-refractivity contribution in [1.82, 2.24) is 4.98 Å². The van der Waals surface area contributed by atoms with Crippen LogP contribution in [-0.4, -0.2) is 18.0 Å². The van der Waals surface area contributed by atoms with Gasteiger partial charge < -0.3 is 10.1 Å². The molecule has 0 spiro atoms. The van der Waals surface area contributed by atoms with Crippen LogP contribution in [0.4, 0.5) is 5.69 Å². The normalized spacial score (nSPS) is 10.6. The summed E-state index contributed by atoms with van der Waals surface area (Å²) in [7, 11) is 1.61. The molecule has 2 rings (SSSR count). The van der Waals surface area contributed by atoms with Crippen LogP contribution in [0.2, 0.25) is 0 Å². The van der Waals surface area contributed by atoms with Gasteiger partial charge in [-0.15, -0.1) is 11.3 Å². The maximum atomic E-state index is 12.3. The average molecular weight is 355 g/mol. The van der Waals surface area contributed by atoms with E-state index in [2.05, 4.69) is 26.2 Å². The van der Waals surface area contributed by atoms with Gasteiger partial charge in [0.1, 0.15) is 9.88 Å². The summed E-state index contributed by atoms with van der Waals surface area (Å²) in [5.41, 5.74) is 2.61. The molecule has 106 valence electrons. The highest BCUT2D eigenvalue weighted by molar-refractivity contribution is 9.10. The molecule has 0 aliphatic rings. The summed E-state index contributed by atoms with van der Waals surface area (Å²) in [4.78, 5) is 17.2. The van der Waals surface area contributed by atoms with Crippen LogP contribution < -0.4 is 5.32 Å². The van der Waals surface area contributed by atoms with Gasteiger partial charge in [0.15, 0.2) is 0 Å². The van der Waals surface area contributed by atoms with Gasteiger partial charge in [0.25, 0.3) is 5.91 Å². The number of halogens is 1. The van der Waals surface area contributed by atoms with E-state index >= 15 is 0 Å². The molecule has 1 heterocycles. The minimum Gasteiger partial charge on any atom is -0.378 e. The molecular weight excluding hydrogens is 340 g/mol. The SMILES string of the molecule is COCc1nc(C)c(C(=O)Nc2ccc(C)c(Br)c2)s1. The van der Waals surface area contributed by atoms with E-state index in [1.165, 1.54) is 11.3 Å². The number of amides is 1.